The van der Waals surface area contributed by atoms with Crippen LogP contribution >= 0.6 is 0 Å². The van der Waals surface area contributed by atoms with E-state index in [1.165, 1.54) is 4.68 Å². The molecule has 1 amide bonds. The number of amides is 1. The van der Waals surface area contributed by atoms with Crippen molar-refractivity contribution in [1.82, 2.24) is 9.78 Å². The number of nitrogens with zero attached hydrogens (tertiary/aromatic N) is 2. The summed E-state index contributed by atoms with van der Waals surface area (Å²) in [6.07, 6.45) is 0. The maximum absolute atomic E-state index is 12.7. The van der Waals surface area contributed by atoms with Crippen molar-refractivity contribution in [1.29, 1.82) is 0 Å². The fourth-order valence-electron chi connectivity index (χ4n) is 2.58. The van der Waals surface area contributed by atoms with Gasteiger partial charge in [0.1, 0.15) is 0 Å². The molecule has 3 aromatic rings. The number of hydrogen-bond acceptors (Lipinski definition) is 3. The van der Waals surface area contributed by atoms with Gasteiger partial charge in [-0.05, 0) is 24.1 Å². The normalized spacial score (nSPS) is 11.0. The van der Waals surface area contributed by atoms with Gasteiger partial charge < -0.3 is 5.32 Å². The van der Waals surface area contributed by atoms with Gasteiger partial charge in [-0.2, -0.15) is 5.10 Å². The molecule has 1 N–H and O–H groups in total. The van der Waals surface area contributed by atoms with Crippen molar-refractivity contribution in [2.75, 3.05) is 5.32 Å². The van der Waals surface area contributed by atoms with Gasteiger partial charge in [-0.3, -0.25) is 9.59 Å². The minimum Gasteiger partial charge on any atom is -0.321 e. The Hall–Kier alpha value is -2.95. The van der Waals surface area contributed by atoms with Gasteiger partial charge in [0, 0.05) is 17.6 Å². The largest absolute Gasteiger partial charge is 0.321 e. The Labute approximate surface area is 139 Å². The van der Waals surface area contributed by atoms with Crippen LogP contribution in [0.15, 0.2) is 59.4 Å². The van der Waals surface area contributed by atoms with Gasteiger partial charge in [0.25, 0.3) is 11.5 Å². The van der Waals surface area contributed by atoms with E-state index in [0.29, 0.717) is 23.0 Å². The second kappa shape index (κ2) is 6.66. The average Bonchev–Trinajstić information content (AvgIpc) is 2.58. The van der Waals surface area contributed by atoms with E-state index >= 15 is 0 Å². The van der Waals surface area contributed by atoms with Gasteiger partial charge in [-0.1, -0.05) is 50.2 Å². The Morgan fingerprint density at radius 3 is 2.33 bits per heavy atom. The molecule has 0 aliphatic rings. The number of para-hydroxylation sites is 1. The summed E-state index contributed by atoms with van der Waals surface area (Å²) in [6.45, 7) is 4.48. The van der Waals surface area contributed by atoms with Crippen LogP contribution in [-0.4, -0.2) is 15.7 Å². The van der Waals surface area contributed by atoms with Crippen molar-refractivity contribution in [3.63, 3.8) is 0 Å². The highest BCUT2D eigenvalue weighted by Crippen LogP contribution is 2.16. The first-order valence-electron chi connectivity index (χ1n) is 7.92. The van der Waals surface area contributed by atoms with E-state index in [1.807, 2.05) is 44.2 Å². The van der Waals surface area contributed by atoms with Gasteiger partial charge in [0.05, 0.1) is 5.39 Å². The summed E-state index contributed by atoms with van der Waals surface area (Å²) in [5.74, 6) is -0.0729. The van der Waals surface area contributed by atoms with Crippen molar-refractivity contribution >= 4 is 22.4 Å². The predicted octanol–water partition coefficient (Wildman–Crippen LogP) is 3.30. The van der Waals surface area contributed by atoms with E-state index in [-0.39, 0.29) is 23.1 Å². The molecule has 2 aromatic carbocycles. The van der Waals surface area contributed by atoms with E-state index in [4.69, 9.17) is 0 Å². The van der Waals surface area contributed by atoms with Gasteiger partial charge in [-0.25, -0.2) is 4.68 Å². The van der Waals surface area contributed by atoms with E-state index in [2.05, 4.69) is 10.4 Å². The number of nitrogens with one attached hydrogen (secondary N) is 1. The van der Waals surface area contributed by atoms with Crippen LogP contribution < -0.4 is 10.9 Å². The highest BCUT2D eigenvalue weighted by molar-refractivity contribution is 6.11. The highest BCUT2D eigenvalue weighted by Gasteiger charge is 2.17. The lowest BCUT2D eigenvalue weighted by atomic mass is 10.1. The van der Waals surface area contributed by atoms with Crippen LogP contribution in [0.5, 0.6) is 0 Å². The molecule has 1 heterocycles. The van der Waals surface area contributed by atoms with E-state index in [9.17, 15) is 9.59 Å². The van der Waals surface area contributed by atoms with Crippen LogP contribution in [0, 0.1) is 5.92 Å². The van der Waals surface area contributed by atoms with Gasteiger partial charge >= 0.3 is 0 Å². The molecule has 0 spiro atoms. The van der Waals surface area contributed by atoms with Crippen molar-refractivity contribution in [3.8, 4) is 0 Å². The number of hydrogen-bond donors (Lipinski definition) is 1. The number of anilines is 1. The summed E-state index contributed by atoms with van der Waals surface area (Å²) in [6, 6.07) is 16.3. The summed E-state index contributed by atoms with van der Waals surface area (Å²) in [5, 5.41) is 8.23. The lowest BCUT2D eigenvalue weighted by Crippen LogP contribution is -2.29. The molecular formula is C19H19N3O2. The van der Waals surface area contributed by atoms with E-state index in [0.717, 1.165) is 0 Å². The lowest BCUT2D eigenvalue weighted by molar-refractivity contribution is 0.102. The summed E-state index contributed by atoms with van der Waals surface area (Å²) in [5.41, 5.74) is 0.778. The molecule has 0 saturated heterocycles. The van der Waals surface area contributed by atoms with Crippen molar-refractivity contribution in [2.45, 2.75) is 20.4 Å². The lowest BCUT2D eigenvalue weighted by Gasteiger charge is -2.12. The maximum Gasteiger partial charge on any atom is 0.276 e. The molecule has 5 nitrogen and oxygen atoms in total. The Morgan fingerprint density at radius 2 is 1.67 bits per heavy atom. The Bertz CT molecular complexity index is 930. The summed E-state index contributed by atoms with van der Waals surface area (Å²) >= 11 is 0. The Kier molecular flexibility index (Phi) is 4.42. The van der Waals surface area contributed by atoms with Crippen LogP contribution in [0.25, 0.3) is 10.8 Å². The molecule has 5 heteroatoms. The Balaban J connectivity index is 2.10. The minimum atomic E-state index is -0.324. The standard InChI is InChI=1S/C19H19N3O2/c1-13(2)12-22-19(24)16-11-7-6-10-15(16)17(21-22)18(23)20-14-8-4-3-5-9-14/h3-11,13H,12H2,1-2H3,(H,20,23). The molecule has 122 valence electrons. The summed E-state index contributed by atoms with van der Waals surface area (Å²) < 4.78 is 1.38. The number of fused-ring (bicyclic) bond motifs is 1. The molecule has 1 aromatic heterocycles. The second-order valence-corrected chi connectivity index (χ2v) is 6.10. The van der Waals surface area contributed by atoms with E-state index < -0.39 is 0 Å². The monoisotopic (exact) mass is 321 g/mol. The molecule has 0 aliphatic carbocycles. The fraction of sp³-hybridized carbons (Fsp3) is 0.211. The third-order valence-corrected chi connectivity index (χ3v) is 3.65. The Morgan fingerprint density at radius 1 is 1.04 bits per heavy atom. The third kappa shape index (κ3) is 3.20. The molecular weight excluding hydrogens is 302 g/mol. The highest BCUT2D eigenvalue weighted by atomic mass is 16.2. The molecule has 0 radical (unpaired) electrons. The minimum absolute atomic E-state index is 0.171. The second-order valence-electron chi connectivity index (χ2n) is 6.10. The van der Waals surface area contributed by atoms with Crippen LogP contribution in [0.3, 0.4) is 0 Å². The molecule has 0 atom stereocenters. The molecule has 0 bridgehead atoms. The van der Waals surface area contributed by atoms with E-state index in [1.54, 1.807) is 24.3 Å². The van der Waals surface area contributed by atoms with Crippen LogP contribution in [0.1, 0.15) is 24.3 Å². The van der Waals surface area contributed by atoms with Crippen molar-refractivity contribution < 1.29 is 4.79 Å². The van der Waals surface area contributed by atoms with Crippen LogP contribution in [-0.2, 0) is 6.54 Å². The summed E-state index contributed by atoms with van der Waals surface area (Å²) in [7, 11) is 0. The molecule has 0 fully saturated rings. The first kappa shape index (κ1) is 15.9. The van der Waals surface area contributed by atoms with Gasteiger partial charge in [0.15, 0.2) is 5.69 Å². The first-order valence-corrected chi connectivity index (χ1v) is 7.92. The van der Waals surface area contributed by atoms with Crippen LogP contribution in [0.4, 0.5) is 5.69 Å². The molecule has 0 saturated carbocycles. The molecule has 0 aliphatic heterocycles. The fourth-order valence-corrected chi connectivity index (χ4v) is 2.58. The first-order chi connectivity index (χ1) is 11.6. The number of aromatic nitrogens is 2. The number of rotatable bonds is 4. The number of benzene rings is 2. The van der Waals surface area contributed by atoms with Gasteiger partial charge in [-0.15, -0.1) is 0 Å². The SMILES string of the molecule is CC(C)Cn1nc(C(=O)Nc2ccccc2)c2ccccc2c1=O. The zero-order valence-electron chi connectivity index (χ0n) is 13.7. The average molecular weight is 321 g/mol. The number of carbonyl (C=O) groups is 1. The van der Waals surface area contributed by atoms with Crippen molar-refractivity contribution in [2.24, 2.45) is 5.92 Å². The smallest absolute Gasteiger partial charge is 0.276 e. The molecule has 3 rings (SSSR count). The molecule has 24 heavy (non-hydrogen) atoms. The topological polar surface area (TPSA) is 64.0 Å². The van der Waals surface area contributed by atoms with Crippen LogP contribution in [0.2, 0.25) is 0 Å². The zero-order chi connectivity index (χ0) is 17.1. The van der Waals surface area contributed by atoms with Crippen molar-refractivity contribution in [3.05, 3.63) is 70.6 Å². The van der Waals surface area contributed by atoms with Gasteiger partial charge in [0.2, 0.25) is 0 Å². The predicted molar refractivity (Wildman–Crippen MR) is 95.2 cm³/mol. The number of carbonyl (C=O) groups excluding carboxylic acids is 1. The summed E-state index contributed by atoms with van der Waals surface area (Å²) in [4.78, 5) is 25.3. The third-order valence-electron chi connectivity index (χ3n) is 3.65. The maximum atomic E-state index is 12.7. The quantitative estimate of drug-likeness (QED) is 0.802. The molecule has 0 unspecified atom stereocenters. The zero-order valence-corrected chi connectivity index (χ0v) is 13.7.